The summed E-state index contributed by atoms with van der Waals surface area (Å²) in [6, 6.07) is 7.95. The average molecular weight is 384 g/mol. The van der Waals surface area contributed by atoms with Crippen molar-refractivity contribution in [2.24, 2.45) is 11.3 Å². The molecule has 1 nitrogen and oxygen atoms in total. The van der Waals surface area contributed by atoms with Gasteiger partial charge in [-0.1, -0.05) is 91.7 Å². The number of rotatable bonds is 9. The minimum Gasteiger partial charge on any atom is -0.382 e. The third-order valence-electron chi connectivity index (χ3n) is 7.76. The van der Waals surface area contributed by atoms with Crippen molar-refractivity contribution in [1.29, 1.82) is 0 Å². The number of benzene rings is 1. The summed E-state index contributed by atoms with van der Waals surface area (Å²) in [7, 11) is 0. The molecule has 1 saturated carbocycles. The van der Waals surface area contributed by atoms with Gasteiger partial charge in [-0.25, -0.2) is 0 Å². The standard InChI is InChI=1S/C27H45N/c1-6-7-8-9-10-11-12-13-14-21-15-16-24-23(19-21)27(4,5)22-17-18-26(2,3)20-25(22)28-24/h15-16,19,22,25,28H,6-14,17-18,20H2,1-5H3/t22-,25-/m1/s1. The summed E-state index contributed by atoms with van der Waals surface area (Å²) in [5, 5.41) is 3.94. The molecule has 1 heteroatoms. The maximum atomic E-state index is 3.94. The number of nitrogens with one attached hydrogen (secondary N) is 1. The normalized spacial score (nSPS) is 24.9. The number of hydrogen-bond donors (Lipinski definition) is 1. The largest absolute Gasteiger partial charge is 0.382 e. The molecule has 1 heterocycles. The molecule has 0 aromatic heterocycles. The van der Waals surface area contributed by atoms with E-state index in [1.807, 2.05) is 0 Å². The van der Waals surface area contributed by atoms with Gasteiger partial charge in [0.2, 0.25) is 0 Å². The first kappa shape index (κ1) is 21.7. The molecule has 2 aliphatic rings. The molecule has 2 atom stereocenters. The lowest BCUT2D eigenvalue weighted by molar-refractivity contribution is 0.120. The Morgan fingerprint density at radius 1 is 0.929 bits per heavy atom. The van der Waals surface area contributed by atoms with Gasteiger partial charge in [-0.3, -0.25) is 0 Å². The minimum absolute atomic E-state index is 0.289. The molecule has 1 aliphatic carbocycles. The van der Waals surface area contributed by atoms with Crippen LogP contribution in [-0.4, -0.2) is 6.04 Å². The zero-order valence-corrected chi connectivity index (χ0v) is 19.4. The van der Waals surface area contributed by atoms with Gasteiger partial charge >= 0.3 is 0 Å². The molecule has 0 spiro atoms. The van der Waals surface area contributed by atoms with E-state index in [2.05, 4.69) is 58.1 Å². The van der Waals surface area contributed by atoms with Gasteiger partial charge in [-0.15, -0.1) is 0 Å². The lowest BCUT2D eigenvalue weighted by Gasteiger charge is -2.52. The number of anilines is 1. The van der Waals surface area contributed by atoms with E-state index in [9.17, 15) is 0 Å². The van der Waals surface area contributed by atoms with Crippen LogP contribution in [0, 0.1) is 11.3 Å². The Kier molecular flexibility index (Phi) is 7.16. The Morgan fingerprint density at radius 3 is 2.32 bits per heavy atom. The van der Waals surface area contributed by atoms with Crippen molar-refractivity contribution in [3.05, 3.63) is 29.3 Å². The second kappa shape index (κ2) is 9.23. The number of fused-ring (bicyclic) bond motifs is 2. The molecule has 0 saturated heterocycles. The molecule has 1 N–H and O–H groups in total. The highest BCUT2D eigenvalue weighted by molar-refractivity contribution is 5.59. The molecule has 28 heavy (non-hydrogen) atoms. The highest BCUT2D eigenvalue weighted by atomic mass is 15.0. The van der Waals surface area contributed by atoms with E-state index in [1.165, 1.54) is 82.7 Å². The monoisotopic (exact) mass is 383 g/mol. The first-order valence-corrected chi connectivity index (χ1v) is 12.2. The van der Waals surface area contributed by atoms with Crippen LogP contribution in [0.3, 0.4) is 0 Å². The smallest absolute Gasteiger partial charge is 0.0380 e. The van der Waals surface area contributed by atoms with E-state index in [4.69, 9.17) is 0 Å². The molecular weight excluding hydrogens is 338 g/mol. The van der Waals surface area contributed by atoms with Gasteiger partial charge in [0.15, 0.2) is 0 Å². The van der Waals surface area contributed by atoms with Gasteiger partial charge in [-0.2, -0.15) is 0 Å². The van der Waals surface area contributed by atoms with Crippen molar-refractivity contribution in [3.8, 4) is 0 Å². The van der Waals surface area contributed by atoms with Gasteiger partial charge in [0.05, 0.1) is 0 Å². The summed E-state index contributed by atoms with van der Waals surface area (Å²) < 4.78 is 0. The molecule has 0 amide bonds. The molecule has 0 radical (unpaired) electrons. The molecule has 1 fully saturated rings. The fourth-order valence-electron chi connectivity index (χ4n) is 5.87. The highest BCUT2D eigenvalue weighted by Gasteiger charge is 2.46. The first-order chi connectivity index (χ1) is 13.3. The van der Waals surface area contributed by atoms with Crippen LogP contribution in [0.15, 0.2) is 18.2 Å². The number of unbranched alkanes of at least 4 members (excludes halogenated alkanes) is 7. The third-order valence-corrected chi connectivity index (χ3v) is 7.76. The maximum Gasteiger partial charge on any atom is 0.0380 e. The summed E-state index contributed by atoms with van der Waals surface area (Å²) in [5.41, 5.74) is 5.30. The predicted molar refractivity (Wildman–Crippen MR) is 124 cm³/mol. The Bertz CT molecular complexity index is 627. The van der Waals surface area contributed by atoms with E-state index in [-0.39, 0.29) is 5.41 Å². The SMILES string of the molecule is CCCCCCCCCCc1ccc2c(c1)C(C)(C)[C@@H]1CCC(C)(C)C[C@H]1N2. The first-order valence-electron chi connectivity index (χ1n) is 12.2. The topological polar surface area (TPSA) is 12.0 Å². The quantitative estimate of drug-likeness (QED) is 0.423. The Morgan fingerprint density at radius 2 is 1.61 bits per heavy atom. The Balaban J connectivity index is 1.56. The van der Waals surface area contributed by atoms with Crippen molar-refractivity contribution in [2.75, 3.05) is 5.32 Å². The Hall–Kier alpha value is -0.980. The van der Waals surface area contributed by atoms with Crippen LogP contribution in [-0.2, 0) is 11.8 Å². The maximum absolute atomic E-state index is 3.94. The lowest BCUT2D eigenvalue weighted by atomic mass is 9.58. The minimum atomic E-state index is 0.289. The predicted octanol–water partition coefficient (Wildman–Crippen LogP) is 8.27. The average Bonchev–Trinajstić information content (AvgIpc) is 2.63. The van der Waals surface area contributed by atoms with Crippen LogP contribution in [0.5, 0.6) is 0 Å². The van der Waals surface area contributed by atoms with Gasteiger partial charge in [0.25, 0.3) is 0 Å². The molecule has 1 aromatic rings. The molecule has 0 unspecified atom stereocenters. The van der Waals surface area contributed by atoms with Crippen molar-refractivity contribution in [1.82, 2.24) is 0 Å². The van der Waals surface area contributed by atoms with Crippen LogP contribution in [0.4, 0.5) is 5.69 Å². The summed E-state index contributed by atoms with van der Waals surface area (Å²) in [6.45, 7) is 12.2. The summed E-state index contributed by atoms with van der Waals surface area (Å²) >= 11 is 0. The van der Waals surface area contributed by atoms with E-state index in [0.717, 1.165) is 5.92 Å². The second-order valence-corrected chi connectivity index (χ2v) is 11.1. The van der Waals surface area contributed by atoms with Crippen molar-refractivity contribution >= 4 is 5.69 Å². The van der Waals surface area contributed by atoms with E-state index in [1.54, 1.807) is 11.1 Å². The fourth-order valence-corrected chi connectivity index (χ4v) is 5.87. The van der Waals surface area contributed by atoms with Gasteiger partial charge in [0, 0.05) is 11.7 Å². The Labute approximate surface area is 175 Å². The van der Waals surface area contributed by atoms with Crippen molar-refractivity contribution in [3.63, 3.8) is 0 Å². The van der Waals surface area contributed by atoms with E-state index < -0.39 is 0 Å². The number of aryl methyl sites for hydroxylation is 1. The van der Waals surface area contributed by atoms with Gasteiger partial charge < -0.3 is 5.32 Å². The van der Waals surface area contributed by atoms with Gasteiger partial charge in [0.1, 0.15) is 0 Å². The van der Waals surface area contributed by atoms with Crippen LogP contribution < -0.4 is 5.32 Å². The summed E-state index contributed by atoms with van der Waals surface area (Å²) in [4.78, 5) is 0. The number of hydrogen-bond acceptors (Lipinski definition) is 1. The van der Waals surface area contributed by atoms with Crippen molar-refractivity contribution in [2.45, 2.75) is 123 Å². The molecular formula is C27H45N. The summed E-state index contributed by atoms with van der Waals surface area (Å²) in [5.74, 6) is 0.770. The van der Waals surface area contributed by atoms with E-state index in [0.29, 0.717) is 11.5 Å². The van der Waals surface area contributed by atoms with Gasteiger partial charge in [-0.05, 0) is 66.0 Å². The fraction of sp³-hybridized carbons (Fsp3) is 0.778. The molecule has 1 aliphatic heterocycles. The molecule has 158 valence electrons. The third kappa shape index (κ3) is 5.14. The zero-order chi connectivity index (χ0) is 20.2. The van der Waals surface area contributed by atoms with Crippen molar-refractivity contribution < 1.29 is 0 Å². The molecule has 1 aromatic carbocycles. The van der Waals surface area contributed by atoms with Crippen LogP contribution >= 0.6 is 0 Å². The molecule has 0 bridgehead atoms. The van der Waals surface area contributed by atoms with E-state index >= 15 is 0 Å². The zero-order valence-electron chi connectivity index (χ0n) is 19.4. The van der Waals surface area contributed by atoms with Crippen LogP contribution in [0.2, 0.25) is 0 Å². The summed E-state index contributed by atoms with van der Waals surface area (Å²) in [6.07, 6.45) is 16.5. The molecule has 3 rings (SSSR count). The van der Waals surface area contributed by atoms with Crippen LogP contribution in [0.1, 0.15) is 116 Å². The lowest BCUT2D eigenvalue weighted by Crippen LogP contribution is -2.50. The van der Waals surface area contributed by atoms with Crippen LogP contribution in [0.25, 0.3) is 0 Å². The highest BCUT2D eigenvalue weighted by Crippen LogP contribution is 2.52. The second-order valence-electron chi connectivity index (χ2n) is 11.1.